The Labute approximate surface area is 250 Å². The van der Waals surface area contributed by atoms with Crippen LogP contribution in [0, 0.1) is 6.92 Å². The minimum absolute atomic E-state index is 0.303. The number of aryl methyl sites for hydroxylation is 1. The van der Waals surface area contributed by atoms with Crippen molar-refractivity contribution in [2.75, 3.05) is 0 Å². The van der Waals surface area contributed by atoms with Gasteiger partial charge in [0.25, 0.3) is 0 Å². The number of pyridine rings is 1. The molecule has 1 atom stereocenters. The lowest BCUT2D eigenvalue weighted by Gasteiger charge is -2.21. The third-order valence-electron chi connectivity index (χ3n) is 9.40. The molecule has 1 unspecified atom stereocenters. The summed E-state index contributed by atoms with van der Waals surface area (Å²) < 4.78 is 0. The summed E-state index contributed by atoms with van der Waals surface area (Å²) in [5, 5.41) is 7.56. The molecule has 2 aliphatic rings. The summed E-state index contributed by atoms with van der Waals surface area (Å²) in [4.78, 5) is 9.64. The first kappa shape index (κ1) is 24.3. The highest BCUT2D eigenvalue weighted by Crippen LogP contribution is 2.52. The Morgan fingerprint density at radius 2 is 1.16 bits per heavy atom. The van der Waals surface area contributed by atoms with E-state index in [9.17, 15) is 0 Å². The molecule has 0 bridgehead atoms. The predicted molar refractivity (Wildman–Crippen MR) is 182 cm³/mol. The highest BCUT2D eigenvalue weighted by atomic mass is 14.8. The highest BCUT2D eigenvalue weighted by Gasteiger charge is 2.27. The van der Waals surface area contributed by atoms with Crippen LogP contribution in [-0.4, -0.2) is 11.2 Å². The van der Waals surface area contributed by atoms with Gasteiger partial charge in [-0.2, -0.15) is 0 Å². The summed E-state index contributed by atoms with van der Waals surface area (Å²) in [7, 11) is 0. The Hall–Kier alpha value is -5.34. The van der Waals surface area contributed by atoms with Crippen molar-refractivity contribution in [1.82, 2.24) is 4.98 Å². The van der Waals surface area contributed by atoms with Gasteiger partial charge in [-0.25, -0.2) is 0 Å². The van der Waals surface area contributed by atoms with E-state index in [1.807, 2.05) is 12.4 Å². The Morgan fingerprint density at radius 1 is 0.535 bits per heavy atom. The molecule has 0 N–H and O–H groups in total. The lowest BCUT2D eigenvalue weighted by atomic mass is 9.84. The van der Waals surface area contributed by atoms with E-state index < -0.39 is 0 Å². The zero-order valence-electron chi connectivity index (χ0n) is 24.1. The second kappa shape index (κ2) is 8.83. The van der Waals surface area contributed by atoms with Crippen LogP contribution in [0.3, 0.4) is 0 Å². The molecular formula is C41H28N2. The molecule has 9 rings (SSSR count). The summed E-state index contributed by atoms with van der Waals surface area (Å²) in [6.07, 6.45) is 5.97. The summed E-state index contributed by atoms with van der Waals surface area (Å²) in [6, 6.07) is 42.4. The topological polar surface area (TPSA) is 25.2 Å². The number of aliphatic imine (C=N–C) groups is 1. The van der Waals surface area contributed by atoms with Crippen LogP contribution in [0.5, 0.6) is 0 Å². The zero-order chi connectivity index (χ0) is 28.7. The number of benzene rings is 6. The molecule has 2 heteroatoms. The van der Waals surface area contributed by atoms with Crippen LogP contribution in [0.4, 0.5) is 0 Å². The Bertz CT molecular complexity index is 2300. The SMILES string of the molecule is Cc1ccc2c(c1)-c1ccc(-c3c4ccccc4c(-c4cccc(C5(C)C=CN=C5)n4)c4ccccc34)c3cccc-2c13. The van der Waals surface area contributed by atoms with E-state index in [1.165, 1.54) is 76.8 Å². The molecule has 7 aromatic rings. The van der Waals surface area contributed by atoms with Crippen LogP contribution in [0.15, 0.2) is 133 Å². The average molecular weight is 549 g/mol. The van der Waals surface area contributed by atoms with Crippen molar-refractivity contribution >= 4 is 38.5 Å². The Balaban J connectivity index is 1.36. The maximum absolute atomic E-state index is 5.27. The fourth-order valence-corrected chi connectivity index (χ4v) is 7.35. The number of fused-ring (bicyclic) bond motifs is 5. The van der Waals surface area contributed by atoms with E-state index >= 15 is 0 Å². The fourth-order valence-electron chi connectivity index (χ4n) is 7.35. The monoisotopic (exact) mass is 548 g/mol. The lowest BCUT2D eigenvalue weighted by Crippen LogP contribution is -2.20. The third-order valence-corrected chi connectivity index (χ3v) is 9.40. The summed E-state index contributed by atoms with van der Waals surface area (Å²) in [6.45, 7) is 4.35. The maximum atomic E-state index is 5.27. The van der Waals surface area contributed by atoms with Crippen molar-refractivity contribution in [3.05, 3.63) is 139 Å². The van der Waals surface area contributed by atoms with Gasteiger partial charge in [-0.3, -0.25) is 9.98 Å². The van der Waals surface area contributed by atoms with E-state index in [1.54, 1.807) is 0 Å². The number of nitrogens with zero attached hydrogens (tertiary/aromatic N) is 2. The van der Waals surface area contributed by atoms with E-state index in [0.717, 1.165) is 11.4 Å². The molecule has 0 saturated heterocycles. The second-order valence-corrected chi connectivity index (χ2v) is 12.1. The van der Waals surface area contributed by atoms with Gasteiger partial charge < -0.3 is 0 Å². The molecule has 0 saturated carbocycles. The lowest BCUT2D eigenvalue weighted by molar-refractivity contribution is 0.800. The molecule has 2 heterocycles. The van der Waals surface area contributed by atoms with Gasteiger partial charge in [0, 0.05) is 18.0 Å². The zero-order valence-corrected chi connectivity index (χ0v) is 24.1. The Kier molecular flexibility index (Phi) is 4.99. The van der Waals surface area contributed by atoms with Crippen molar-refractivity contribution in [2.24, 2.45) is 4.99 Å². The summed E-state index contributed by atoms with van der Waals surface area (Å²) >= 11 is 0. The molecule has 202 valence electrons. The molecule has 2 nitrogen and oxygen atoms in total. The number of rotatable bonds is 3. The largest absolute Gasteiger partial charge is 0.268 e. The van der Waals surface area contributed by atoms with Crippen LogP contribution in [-0.2, 0) is 5.41 Å². The van der Waals surface area contributed by atoms with Crippen LogP contribution >= 0.6 is 0 Å². The molecule has 0 fully saturated rings. The molecule has 6 aromatic carbocycles. The van der Waals surface area contributed by atoms with E-state index in [0.29, 0.717) is 0 Å². The number of hydrogen-bond acceptors (Lipinski definition) is 2. The first-order valence-corrected chi connectivity index (χ1v) is 14.9. The minimum Gasteiger partial charge on any atom is -0.268 e. The van der Waals surface area contributed by atoms with E-state index in [-0.39, 0.29) is 5.41 Å². The smallest absolute Gasteiger partial charge is 0.0718 e. The highest BCUT2D eigenvalue weighted by molar-refractivity contribution is 6.26. The van der Waals surface area contributed by atoms with Gasteiger partial charge in [0.15, 0.2) is 0 Å². The van der Waals surface area contributed by atoms with Crippen molar-refractivity contribution in [3.8, 4) is 44.6 Å². The molecule has 0 spiro atoms. The predicted octanol–water partition coefficient (Wildman–Crippen LogP) is 10.7. The average Bonchev–Trinajstić information content (AvgIpc) is 3.63. The quantitative estimate of drug-likeness (QED) is 0.202. The summed E-state index contributed by atoms with van der Waals surface area (Å²) in [5.41, 5.74) is 12.0. The minimum atomic E-state index is -0.303. The van der Waals surface area contributed by atoms with Gasteiger partial charge in [-0.15, -0.1) is 0 Å². The normalized spacial score (nSPS) is 16.5. The maximum Gasteiger partial charge on any atom is 0.0718 e. The van der Waals surface area contributed by atoms with E-state index in [2.05, 4.69) is 140 Å². The van der Waals surface area contributed by atoms with Crippen molar-refractivity contribution in [2.45, 2.75) is 19.3 Å². The molecule has 1 aliphatic carbocycles. The third kappa shape index (κ3) is 3.41. The first-order chi connectivity index (χ1) is 21.1. The number of hydrogen-bond donors (Lipinski definition) is 0. The van der Waals surface area contributed by atoms with Gasteiger partial charge in [0.2, 0.25) is 0 Å². The number of aromatic nitrogens is 1. The van der Waals surface area contributed by atoms with Crippen LogP contribution in [0.1, 0.15) is 18.2 Å². The molecule has 43 heavy (non-hydrogen) atoms. The molecule has 0 radical (unpaired) electrons. The number of allylic oxidation sites excluding steroid dienone is 1. The fraction of sp³-hybridized carbons (Fsp3) is 0.0732. The van der Waals surface area contributed by atoms with Crippen LogP contribution < -0.4 is 0 Å². The van der Waals surface area contributed by atoms with Gasteiger partial charge in [-0.1, -0.05) is 109 Å². The van der Waals surface area contributed by atoms with Gasteiger partial charge in [0.1, 0.15) is 0 Å². The molecule has 0 amide bonds. The van der Waals surface area contributed by atoms with Gasteiger partial charge in [-0.05, 0) is 97.8 Å². The standard InChI is InChI=1S/C41H28N2/c1-25-17-18-26-27-13-7-14-30-33(19-20-34(38(27)30)35(26)23-25)39-28-9-3-5-11-31(28)40(32-12-6-4-10-29(32)39)36-15-8-16-37(43-36)41(2)21-22-42-24-41/h3-24H,1-2H3. The molecule has 1 aromatic heterocycles. The summed E-state index contributed by atoms with van der Waals surface area (Å²) in [5.74, 6) is 0. The van der Waals surface area contributed by atoms with E-state index in [4.69, 9.17) is 4.98 Å². The van der Waals surface area contributed by atoms with Crippen molar-refractivity contribution in [1.29, 1.82) is 0 Å². The van der Waals surface area contributed by atoms with Gasteiger partial charge in [0.05, 0.1) is 16.8 Å². The van der Waals surface area contributed by atoms with Crippen molar-refractivity contribution in [3.63, 3.8) is 0 Å². The van der Waals surface area contributed by atoms with Crippen molar-refractivity contribution < 1.29 is 0 Å². The molecule has 1 aliphatic heterocycles. The Morgan fingerprint density at radius 3 is 1.88 bits per heavy atom. The van der Waals surface area contributed by atoms with Crippen LogP contribution in [0.25, 0.3) is 77.0 Å². The second-order valence-electron chi connectivity index (χ2n) is 12.1. The van der Waals surface area contributed by atoms with Crippen LogP contribution in [0.2, 0.25) is 0 Å². The molecular weight excluding hydrogens is 520 g/mol. The first-order valence-electron chi connectivity index (χ1n) is 14.9. The van der Waals surface area contributed by atoms with Gasteiger partial charge >= 0.3 is 0 Å².